The fourth-order valence-electron chi connectivity index (χ4n) is 1.84. The Balaban J connectivity index is 1.92. The summed E-state index contributed by atoms with van der Waals surface area (Å²) in [4.78, 5) is 34.3. The molecule has 0 bridgehead atoms. The first-order valence-corrected chi connectivity index (χ1v) is 6.60. The van der Waals surface area contributed by atoms with Gasteiger partial charge in [-0.15, -0.1) is 0 Å². The van der Waals surface area contributed by atoms with Crippen LogP contribution in [0.4, 0.5) is 5.69 Å². The van der Waals surface area contributed by atoms with E-state index in [0.717, 1.165) is 0 Å². The molecule has 0 saturated heterocycles. The maximum atomic E-state index is 11.9. The molecular formula is C14H16N2O5. The molecule has 7 nitrogen and oxygen atoms in total. The van der Waals surface area contributed by atoms with Gasteiger partial charge in [0.1, 0.15) is 5.75 Å². The summed E-state index contributed by atoms with van der Waals surface area (Å²) in [6.07, 6.45) is 0.115. The van der Waals surface area contributed by atoms with Crippen LogP contribution >= 0.6 is 0 Å². The Morgan fingerprint density at radius 1 is 1.43 bits per heavy atom. The van der Waals surface area contributed by atoms with Crippen LogP contribution in [0.5, 0.6) is 5.75 Å². The van der Waals surface area contributed by atoms with Gasteiger partial charge in [0, 0.05) is 12.1 Å². The van der Waals surface area contributed by atoms with E-state index in [-0.39, 0.29) is 37.4 Å². The molecule has 0 spiro atoms. The highest BCUT2D eigenvalue weighted by Crippen LogP contribution is 2.28. The number of carbonyl (C=O) groups excluding carboxylic acids is 3. The van der Waals surface area contributed by atoms with Crippen LogP contribution in [0.25, 0.3) is 0 Å². The van der Waals surface area contributed by atoms with E-state index >= 15 is 0 Å². The molecule has 112 valence electrons. The maximum absolute atomic E-state index is 11.9. The second kappa shape index (κ2) is 6.74. The first-order chi connectivity index (χ1) is 10.1. The summed E-state index contributed by atoms with van der Waals surface area (Å²) in [5, 5.41) is 5.24. The third-order valence-electron chi connectivity index (χ3n) is 2.79. The number of rotatable bonds is 5. The number of amides is 2. The van der Waals surface area contributed by atoms with E-state index in [1.165, 1.54) is 6.07 Å². The Morgan fingerprint density at radius 3 is 3.00 bits per heavy atom. The molecule has 1 aliphatic rings. The van der Waals surface area contributed by atoms with E-state index in [9.17, 15) is 14.4 Å². The number of esters is 1. The van der Waals surface area contributed by atoms with Crippen molar-refractivity contribution in [3.05, 3.63) is 23.8 Å². The van der Waals surface area contributed by atoms with E-state index in [4.69, 9.17) is 9.47 Å². The number of hydrogen-bond donors (Lipinski definition) is 2. The van der Waals surface area contributed by atoms with Crippen LogP contribution in [0.3, 0.4) is 0 Å². The minimum atomic E-state index is -0.357. The van der Waals surface area contributed by atoms with Crippen molar-refractivity contribution in [2.24, 2.45) is 0 Å². The number of fused-ring (bicyclic) bond motifs is 1. The molecule has 0 radical (unpaired) electrons. The summed E-state index contributed by atoms with van der Waals surface area (Å²) in [6.45, 7) is 2.20. The van der Waals surface area contributed by atoms with Gasteiger partial charge in [-0.25, -0.2) is 0 Å². The SMILES string of the molecule is CCOC(=O)CCNC(=O)c1ccc2c(c1)NC(=O)CO2. The van der Waals surface area contributed by atoms with Crippen molar-refractivity contribution in [1.29, 1.82) is 0 Å². The molecule has 1 aliphatic heterocycles. The van der Waals surface area contributed by atoms with E-state index in [0.29, 0.717) is 23.6 Å². The zero-order chi connectivity index (χ0) is 15.2. The zero-order valence-electron chi connectivity index (χ0n) is 11.6. The minimum absolute atomic E-state index is 0.0297. The van der Waals surface area contributed by atoms with Crippen LogP contribution in [0, 0.1) is 0 Å². The van der Waals surface area contributed by atoms with Crippen molar-refractivity contribution >= 4 is 23.5 Å². The Morgan fingerprint density at radius 2 is 2.24 bits per heavy atom. The van der Waals surface area contributed by atoms with E-state index < -0.39 is 0 Å². The number of hydrogen-bond acceptors (Lipinski definition) is 5. The van der Waals surface area contributed by atoms with Crippen molar-refractivity contribution in [2.75, 3.05) is 25.1 Å². The van der Waals surface area contributed by atoms with Gasteiger partial charge in [0.15, 0.2) is 6.61 Å². The van der Waals surface area contributed by atoms with Gasteiger partial charge in [-0.1, -0.05) is 0 Å². The van der Waals surface area contributed by atoms with Crippen molar-refractivity contribution < 1.29 is 23.9 Å². The van der Waals surface area contributed by atoms with Gasteiger partial charge in [-0.05, 0) is 25.1 Å². The van der Waals surface area contributed by atoms with Gasteiger partial charge in [0.2, 0.25) is 0 Å². The van der Waals surface area contributed by atoms with E-state index in [2.05, 4.69) is 10.6 Å². The largest absolute Gasteiger partial charge is 0.482 e. The highest BCUT2D eigenvalue weighted by atomic mass is 16.5. The molecule has 21 heavy (non-hydrogen) atoms. The molecule has 7 heteroatoms. The Labute approximate surface area is 121 Å². The van der Waals surface area contributed by atoms with Gasteiger partial charge in [-0.3, -0.25) is 14.4 Å². The van der Waals surface area contributed by atoms with Gasteiger partial charge in [0.05, 0.1) is 18.7 Å². The lowest BCUT2D eigenvalue weighted by Crippen LogP contribution is -2.28. The molecule has 2 N–H and O–H groups in total. The topological polar surface area (TPSA) is 93.7 Å². The molecule has 0 aliphatic carbocycles. The number of ether oxygens (including phenoxy) is 2. The fraction of sp³-hybridized carbons (Fsp3) is 0.357. The van der Waals surface area contributed by atoms with E-state index in [1.54, 1.807) is 19.1 Å². The minimum Gasteiger partial charge on any atom is -0.482 e. The van der Waals surface area contributed by atoms with Crippen LogP contribution in [-0.4, -0.2) is 37.5 Å². The summed E-state index contributed by atoms with van der Waals surface area (Å²) in [5.74, 6) is -0.425. The van der Waals surface area contributed by atoms with Gasteiger partial charge >= 0.3 is 5.97 Å². The van der Waals surface area contributed by atoms with Crippen LogP contribution in [0.15, 0.2) is 18.2 Å². The second-order valence-electron chi connectivity index (χ2n) is 4.36. The monoisotopic (exact) mass is 292 g/mol. The van der Waals surface area contributed by atoms with Crippen molar-refractivity contribution in [3.8, 4) is 5.75 Å². The molecule has 1 aromatic carbocycles. The Bertz CT molecular complexity index is 570. The molecule has 0 fully saturated rings. The molecule has 0 saturated carbocycles. The zero-order valence-corrected chi connectivity index (χ0v) is 11.6. The van der Waals surface area contributed by atoms with Crippen LogP contribution in [-0.2, 0) is 14.3 Å². The van der Waals surface area contributed by atoms with Gasteiger partial charge in [0.25, 0.3) is 11.8 Å². The smallest absolute Gasteiger partial charge is 0.307 e. The predicted molar refractivity (Wildman–Crippen MR) is 74.1 cm³/mol. The Hall–Kier alpha value is -2.57. The molecule has 0 unspecified atom stereocenters. The average molecular weight is 292 g/mol. The number of nitrogens with one attached hydrogen (secondary N) is 2. The number of carbonyl (C=O) groups is 3. The van der Waals surface area contributed by atoms with Crippen molar-refractivity contribution in [2.45, 2.75) is 13.3 Å². The molecular weight excluding hydrogens is 276 g/mol. The van der Waals surface area contributed by atoms with Crippen LogP contribution in [0.2, 0.25) is 0 Å². The molecule has 0 atom stereocenters. The third-order valence-corrected chi connectivity index (χ3v) is 2.79. The predicted octanol–water partition coefficient (Wildman–Crippen LogP) is 0.700. The average Bonchev–Trinajstić information content (AvgIpc) is 2.46. The summed E-state index contributed by atoms with van der Waals surface area (Å²) in [5.41, 5.74) is 0.840. The summed E-state index contributed by atoms with van der Waals surface area (Å²) < 4.78 is 9.97. The molecule has 2 amide bonds. The molecule has 1 heterocycles. The summed E-state index contributed by atoms with van der Waals surface area (Å²) in [6, 6.07) is 4.75. The highest BCUT2D eigenvalue weighted by Gasteiger charge is 2.17. The fourth-order valence-corrected chi connectivity index (χ4v) is 1.84. The summed E-state index contributed by atoms with van der Waals surface area (Å²) in [7, 11) is 0. The third kappa shape index (κ3) is 3.95. The van der Waals surface area contributed by atoms with Crippen LogP contribution in [0.1, 0.15) is 23.7 Å². The lowest BCUT2D eigenvalue weighted by molar-refractivity contribution is -0.142. The molecule has 0 aromatic heterocycles. The highest BCUT2D eigenvalue weighted by molar-refractivity contribution is 5.99. The quantitative estimate of drug-likeness (QED) is 0.779. The van der Waals surface area contributed by atoms with Crippen molar-refractivity contribution in [1.82, 2.24) is 5.32 Å². The summed E-state index contributed by atoms with van der Waals surface area (Å²) >= 11 is 0. The number of anilines is 1. The lowest BCUT2D eigenvalue weighted by atomic mass is 10.1. The first-order valence-electron chi connectivity index (χ1n) is 6.60. The number of benzene rings is 1. The lowest BCUT2D eigenvalue weighted by Gasteiger charge is -2.18. The van der Waals surface area contributed by atoms with Crippen molar-refractivity contribution in [3.63, 3.8) is 0 Å². The second-order valence-corrected chi connectivity index (χ2v) is 4.36. The van der Waals surface area contributed by atoms with Gasteiger partial charge < -0.3 is 20.1 Å². The van der Waals surface area contributed by atoms with Gasteiger partial charge in [-0.2, -0.15) is 0 Å². The molecule has 2 rings (SSSR count). The standard InChI is InChI=1S/C14H16N2O5/c1-2-20-13(18)5-6-15-14(19)9-3-4-11-10(7-9)16-12(17)8-21-11/h3-4,7H,2,5-6,8H2,1H3,(H,15,19)(H,16,17). The van der Waals surface area contributed by atoms with Crippen LogP contribution < -0.4 is 15.4 Å². The normalized spacial score (nSPS) is 12.7. The first kappa shape index (κ1) is 14.8. The Kier molecular flexibility index (Phi) is 4.76. The van der Waals surface area contributed by atoms with E-state index in [1.807, 2.05) is 0 Å². The molecule has 1 aromatic rings. The maximum Gasteiger partial charge on any atom is 0.307 e.